The summed E-state index contributed by atoms with van der Waals surface area (Å²) >= 11 is 0. The Hall–Kier alpha value is -2.61. The fourth-order valence-electron chi connectivity index (χ4n) is 5.23. The molecule has 0 aromatic heterocycles. The Morgan fingerprint density at radius 1 is 0.625 bits per heavy atom. The van der Waals surface area contributed by atoms with Crippen LogP contribution in [0.4, 0.5) is 5.69 Å². The van der Waals surface area contributed by atoms with Gasteiger partial charge >= 0.3 is 5.97 Å². The van der Waals surface area contributed by atoms with Gasteiger partial charge in [-0.15, -0.1) is 0 Å². The van der Waals surface area contributed by atoms with E-state index in [2.05, 4.69) is 54.7 Å². The summed E-state index contributed by atoms with van der Waals surface area (Å²) in [5.41, 5.74) is 8.88. The fourth-order valence-corrected chi connectivity index (χ4v) is 5.23. The first-order chi connectivity index (χ1) is 19.5. The standard InChI is InChI=1S/C29H47N9O2/c30-26-7-3-24(4-8-26)16-38-29-20-34-12-9-31-17-28(18-32-10-13-35-21-29,19-33-11-14-36-22-29)37-15-23-1-5-25(6-2-23)27(39)40/h1-8,31-38H,9-22,30H2,(H,39,40). The molecular weight excluding hydrogens is 506 g/mol. The average Bonchev–Trinajstić information content (AvgIpc) is 2.96. The molecule has 0 aliphatic carbocycles. The van der Waals surface area contributed by atoms with Crippen LogP contribution in [0.1, 0.15) is 21.5 Å². The van der Waals surface area contributed by atoms with Gasteiger partial charge in [-0.1, -0.05) is 24.3 Å². The molecule has 2 aromatic rings. The van der Waals surface area contributed by atoms with Gasteiger partial charge in [0.1, 0.15) is 0 Å². The lowest BCUT2D eigenvalue weighted by Gasteiger charge is -2.39. The molecule has 11 heteroatoms. The number of hydrogen-bond donors (Lipinski definition) is 10. The zero-order chi connectivity index (χ0) is 28.1. The molecule has 5 rings (SSSR count). The Bertz CT molecular complexity index is 989. The molecule has 0 radical (unpaired) electrons. The van der Waals surface area contributed by atoms with Crippen molar-refractivity contribution in [3.8, 4) is 0 Å². The Morgan fingerprint density at radius 3 is 1.27 bits per heavy atom. The van der Waals surface area contributed by atoms with Crippen LogP contribution in [0.2, 0.25) is 0 Å². The van der Waals surface area contributed by atoms with Gasteiger partial charge in [0.2, 0.25) is 0 Å². The maximum atomic E-state index is 11.2. The molecule has 11 nitrogen and oxygen atoms in total. The molecule has 3 saturated heterocycles. The second kappa shape index (κ2) is 15.4. The van der Waals surface area contributed by atoms with Crippen LogP contribution >= 0.6 is 0 Å². The molecule has 2 aromatic carbocycles. The third-order valence-corrected chi connectivity index (χ3v) is 7.73. The number of carbonyl (C=O) groups is 1. The summed E-state index contributed by atoms with van der Waals surface area (Å²) in [5.74, 6) is -0.904. The Labute approximate surface area is 237 Å². The summed E-state index contributed by atoms with van der Waals surface area (Å²) < 4.78 is 0. The lowest BCUT2D eigenvalue weighted by atomic mass is 9.96. The van der Waals surface area contributed by atoms with Crippen molar-refractivity contribution in [1.29, 1.82) is 0 Å². The minimum atomic E-state index is -0.904. The lowest BCUT2D eigenvalue weighted by Crippen LogP contribution is -2.66. The summed E-state index contributed by atoms with van der Waals surface area (Å²) in [6.45, 7) is 11.4. The Balaban J connectivity index is 1.42. The molecule has 3 fully saturated rings. The summed E-state index contributed by atoms with van der Waals surface area (Å²) in [6, 6.07) is 15.2. The van der Waals surface area contributed by atoms with Gasteiger partial charge < -0.3 is 53.4 Å². The number of hydrogen-bond acceptors (Lipinski definition) is 10. The Kier molecular flexibility index (Phi) is 11.7. The number of rotatable bonds is 7. The monoisotopic (exact) mass is 553 g/mol. The molecule has 0 amide bonds. The lowest BCUT2D eigenvalue weighted by molar-refractivity contribution is 0.0697. The first-order valence-corrected chi connectivity index (χ1v) is 14.4. The van der Waals surface area contributed by atoms with Gasteiger partial charge in [0.05, 0.1) is 16.6 Å². The van der Waals surface area contributed by atoms with E-state index in [9.17, 15) is 9.90 Å². The Morgan fingerprint density at radius 2 is 0.950 bits per heavy atom. The molecule has 0 unspecified atom stereocenters. The van der Waals surface area contributed by atoms with Crippen molar-refractivity contribution in [1.82, 2.24) is 42.5 Å². The van der Waals surface area contributed by atoms with Crippen molar-refractivity contribution in [2.24, 2.45) is 0 Å². The number of fused-ring (bicyclic) bond motifs is 15. The summed E-state index contributed by atoms with van der Waals surface area (Å²) in [5, 5.41) is 39.0. The van der Waals surface area contributed by atoms with E-state index in [1.165, 1.54) is 5.56 Å². The zero-order valence-electron chi connectivity index (χ0n) is 23.5. The van der Waals surface area contributed by atoms with Crippen LogP contribution in [0.5, 0.6) is 0 Å². The highest BCUT2D eigenvalue weighted by Gasteiger charge is 2.31. The normalized spacial score (nSPS) is 25.6. The molecule has 0 saturated carbocycles. The minimum Gasteiger partial charge on any atom is -0.478 e. The third-order valence-electron chi connectivity index (χ3n) is 7.73. The van der Waals surface area contributed by atoms with Gasteiger partial charge in [-0.25, -0.2) is 4.79 Å². The van der Waals surface area contributed by atoms with Crippen LogP contribution < -0.4 is 48.3 Å². The average molecular weight is 554 g/mol. The zero-order valence-corrected chi connectivity index (χ0v) is 23.5. The molecule has 0 spiro atoms. The van der Waals surface area contributed by atoms with E-state index >= 15 is 0 Å². The van der Waals surface area contributed by atoms with Crippen LogP contribution in [-0.4, -0.2) is 101 Å². The molecule has 2 bridgehead atoms. The molecule has 220 valence electrons. The first kappa shape index (κ1) is 30.4. The van der Waals surface area contributed by atoms with Crippen molar-refractivity contribution < 1.29 is 9.90 Å². The maximum absolute atomic E-state index is 11.2. The second-order valence-corrected chi connectivity index (χ2v) is 11.1. The van der Waals surface area contributed by atoms with Gasteiger partial charge in [0.15, 0.2) is 0 Å². The summed E-state index contributed by atoms with van der Waals surface area (Å²) in [6.07, 6.45) is 0. The van der Waals surface area contributed by atoms with Crippen LogP contribution in [0, 0.1) is 0 Å². The smallest absolute Gasteiger partial charge is 0.335 e. The van der Waals surface area contributed by atoms with E-state index in [0.717, 1.165) is 96.3 Å². The number of nitrogens with one attached hydrogen (secondary N) is 8. The van der Waals surface area contributed by atoms with Gasteiger partial charge in [0, 0.05) is 97.3 Å². The van der Waals surface area contributed by atoms with E-state index in [4.69, 9.17) is 5.73 Å². The van der Waals surface area contributed by atoms with Crippen LogP contribution in [0.25, 0.3) is 0 Å². The first-order valence-electron chi connectivity index (χ1n) is 14.4. The predicted molar refractivity (Wildman–Crippen MR) is 161 cm³/mol. The summed E-state index contributed by atoms with van der Waals surface area (Å²) in [7, 11) is 0. The molecule has 3 heterocycles. The third kappa shape index (κ3) is 9.50. The van der Waals surface area contributed by atoms with Crippen molar-refractivity contribution in [3.05, 3.63) is 65.2 Å². The van der Waals surface area contributed by atoms with Gasteiger partial charge in [-0.05, 0) is 35.4 Å². The molecule has 11 N–H and O–H groups in total. The highest BCUT2D eigenvalue weighted by atomic mass is 16.4. The molecular formula is C29H47N9O2. The van der Waals surface area contributed by atoms with Gasteiger partial charge in [-0.2, -0.15) is 0 Å². The fraction of sp³-hybridized carbons (Fsp3) is 0.552. The van der Waals surface area contributed by atoms with Crippen molar-refractivity contribution in [3.63, 3.8) is 0 Å². The molecule has 0 atom stereocenters. The number of aromatic carboxylic acids is 1. The quantitative estimate of drug-likeness (QED) is 0.190. The highest BCUT2D eigenvalue weighted by Crippen LogP contribution is 2.11. The number of carboxylic acid groups (broad SMARTS) is 1. The number of benzene rings is 2. The maximum Gasteiger partial charge on any atom is 0.335 e. The van der Waals surface area contributed by atoms with E-state index in [1.54, 1.807) is 12.1 Å². The van der Waals surface area contributed by atoms with Crippen LogP contribution in [0.15, 0.2) is 48.5 Å². The SMILES string of the molecule is Nc1ccc(CNC23CNCCNCC(NCc4ccc(C(=O)O)cc4)(CNCCNC2)CNCCNC3)cc1. The van der Waals surface area contributed by atoms with Crippen molar-refractivity contribution in [2.75, 3.05) is 84.3 Å². The highest BCUT2D eigenvalue weighted by molar-refractivity contribution is 5.87. The van der Waals surface area contributed by atoms with E-state index < -0.39 is 5.97 Å². The van der Waals surface area contributed by atoms with E-state index in [1.807, 2.05) is 24.3 Å². The second-order valence-electron chi connectivity index (χ2n) is 11.1. The summed E-state index contributed by atoms with van der Waals surface area (Å²) in [4.78, 5) is 11.2. The van der Waals surface area contributed by atoms with E-state index in [0.29, 0.717) is 12.1 Å². The van der Waals surface area contributed by atoms with Crippen LogP contribution in [-0.2, 0) is 13.1 Å². The van der Waals surface area contributed by atoms with Crippen LogP contribution in [0.3, 0.4) is 0 Å². The number of carboxylic acids is 1. The minimum absolute atomic E-state index is 0.156. The van der Waals surface area contributed by atoms with Gasteiger partial charge in [0.25, 0.3) is 0 Å². The molecule has 3 aliphatic rings. The van der Waals surface area contributed by atoms with Crippen molar-refractivity contribution in [2.45, 2.75) is 24.2 Å². The predicted octanol–water partition coefficient (Wildman–Crippen LogP) is -1.11. The number of anilines is 1. The molecule has 40 heavy (non-hydrogen) atoms. The van der Waals surface area contributed by atoms with Crippen molar-refractivity contribution >= 4 is 11.7 Å². The van der Waals surface area contributed by atoms with E-state index in [-0.39, 0.29) is 11.1 Å². The number of nitrogens with two attached hydrogens (primary N) is 1. The number of nitrogen functional groups attached to an aromatic ring is 1. The topological polar surface area (TPSA) is 160 Å². The molecule has 3 aliphatic heterocycles. The largest absolute Gasteiger partial charge is 0.478 e. The van der Waals surface area contributed by atoms with Gasteiger partial charge in [-0.3, -0.25) is 0 Å².